The Kier molecular flexibility index (Phi) is 3.24. The standard InChI is InChI=1S/C4HF10NO2P2/c5-1(6)2(7,8)19(17,4(12,13)14)15-18(1,16)3(9,10)11/h(H,15,16,17). The highest BCUT2D eigenvalue weighted by molar-refractivity contribution is 7.83. The number of rotatable bonds is 0. The van der Waals surface area contributed by atoms with Crippen LogP contribution in [0.5, 0.6) is 0 Å². The second-order valence-electron chi connectivity index (χ2n) is 3.34. The minimum absolute atomic E-state index is 0.535. The van der Waals surface area contributed by atoms with Gasteiger partial charge in [0.05, 0.1) is 0 Å². The minimum atomic E-state index is -7.61. The molecule has 0 spiro atoms. The molecular weight excluding hydrogens is 346 g/mol. The quantitative estimate of drug-likeness (QED) is 0.523. The van der Waals surface area contributed by atoms with E-state index in [0.29, 0.717) is 0 Å². The summed E-state index contributed by atoms with van der Waals surface area (Å²) in [6.07, 6.45) is 0. The first-order valence-electron chi connectivity index (χ1n) is 3.85. The zero-order valence-corrected chi connectivity index (χ0v) is 9.78. The lowest BCUT2D eigenvalue weighted by atomic mass is 10.7. The molecule has 0 aromatic rings. The summed E-state index contributed by atoms with van der Waals surface area (Å²) in [5.41, 5.74) is -13.4. The topological polar surface area (TPSA) is 46.2 Å². The van der Waals surface area contributed by atoms with Crippen LogP contribution >= 0.6 is 14.6 Å². The van der Waals surface area contributed by atoms with E-state index in [9.17, 15) is 53.0 Å². The van der Waals surface area contributed by atoms with Gasteiger partial charge in [-0.25, -0.2) is 0 Å². The molecule has 2 unspecified atom stereocenters. The Labute approximate surface area is 96.7 Å². The second-order valence-corrected chi connectivity index (χ2v) is 8.71. The van der Waals surface area contributed by atoms with Gasteiger partial charge in [-0.1, -0.05) is 0 Å². The van der Waals surface area contributed by atoms with Gasteiger partial charge in [0.1, 0.15) is 0 Å². The zero-order chi connectivity index (χ0) is 15.7. The van der Waals surface area contributed by atoms with Crippen molar-refractivity contribution >= 4 is 14.6 Å². The van der Waals surface area contributed by atoms with Gasteiger partial charge in [0.2, 0.25) is 0 Å². The van der Waals surface area contributed by atoms with Gasteiger partial charge in [0.15, 0.2) is 0 Å². The maximum atomic E-state index is 12.8. The monoisotopic (exact) mass is 347 g/mol. The van der Waals surface area contributed by atoms with E-state index in [0.717, 1.165) is 0 Å². The molecule has 0 amide bonds. The van der Waals surface area contributed by atoms with E-state index in [1.165, 1.54) is 0 Å². The van der Waals surface area contributed by atoms with Gasteiger partial charge in [-0.05, 0) is 0 Å². The summed E-state index contributed by atoms with van der Waals surface area (Å²) in [7, 11) is -15.2. The van der Waals surface area contributed by atoms with Crippen molar-refractivity contribution in [3.8, 4) is 0 Å². The molecule has 1 fully saturated rings. The van der Waals surface area contributed by atoms with Gasteiger partial charge in [-0.3, -0.25) is 9.13 Å². The number of hydrogen-bond donors (Lipinski definition) is 1. The van der Waals surface area contributed by atoms with E-state index in [4.69, 9.17) is 0 Å². The fraction of sp³-hybridized carbons (Fsp3) is 1.00. The Morgan fingerprint density at radius 3 is 1.00 bits per heavy atom. The number of nitrogens with one attached hydrogen (secondary N) is 1. The molecule has 1 aliphatic heterocycles. The first kappa shape index (κ1) is 16.8. The van der Waals surface area contributed by atoms with Gasteiger partial charge >= 0.3 is 37.7 Å². The summed E-state index contributed by atoms with van der Waals surface area (Å²) in [5, 5.41) is 0. The molecule has 0 aromatic carbocycles. The lowest BCUT2D eigenvalue weighted by Gasteiger charge is -2.24. The third-order valence-corrected chi connectivity index (χ3v) is 8.15. The molecule has 1 heterocycles. The fourth-order valence-electron chi connectivity index (χ4n) is 1.13. The first-order valence-corrected chi connectivity index (χ1v) is 7.26. The number of alkyl halides is 10. The zero-order valence-electron chi connectivity index (χ0n) is 7.99. The SMILES string of the molecule is O=P1(C(F)(F)F)NP(=O)(C(F)(F)F)C(F)(F)C1(F)F. The second kappa shape index (κ2) is 3.67. The third kappa shape index (κ3) is 1.70. The van der Waals surface area contributed by atoms with E-state index < -0.39 is 42.6 Å². The van der Waals surface area contributed by atoms with Crippen molar-refractivity contribution in [2.45, 2.75) is 23.2 Å². The van der Waals surface area contributed by atoms with Crippen LogP contribution in [0, 0.1) is 0 Å². The Morgan fingerprint density at radius 1 is 0.684 bits per heavy atom. The van der Waals surface area contributed by atoms with Crippen LogP contribution in [0.4, 0.5) is 43.9 Å². The summed E-state index contributed by atoms with van der Waals surface area (Å²) in [6, 6.07) is 0. The Morgan fingerprint density at radius 2 is 0.895 bits per heavy atom. The van der Waals surface area contributed by atoms with Crippen molar-refractivity contribution in [3.05, 3.63) is 0 Å². The van der Waals surface area contributed by atoms with Crippen molar-refractivity contribution in [3.63, 3.8) is 0 Å². The Balaban J connectivity index is 3.68. The van der Waals surface area contributed by atoms with Gasteiger partial charge in [-0.15, -0.1) is 0 Å². The normalized spacial score (nSPS) is 38.4. The average molecular weight is 347 g/mol. The largest absolute Gasteiger partial charge is 0.460 e. The predicted molar refractivity (Wildman–Crippen MR) is 40.4 cm³/mol. The van der Waals surface area contributed by atoms with E-state index >= 15 is 0 Å². The summed E-state index contributed by atoms with van der Waals surface area (Å²) < 4.78 is 145. The van der Waals surface area contributed by atoms with Crippen LogP contribution < -0.4 is 4.86 Å². The maximum Gasteiger partial charge on any atom is 0.460 e. The minimum Gasteiger partial charge on any atom is -0.290 e. The smallest absolute Gasteiger partial charge is 0.290 e. The van der Waals surface area contributed by atoms with Crippen molar-refractivity contribution < 1.29 is 53.0 Å². The summed E-state index contributed by atoms with van der Waals surface area (Å²) >= 11 is 0. The third-order valence-electron chi connectivity index (χ3n) is 2.15. The summed E-state index contributed by atoms with van der Waals surface area (Å²) in [6.45, 7) is 0. The Bertz CT molecular complexity index is 447. The highest BCUT2D eigenvalue weighted by Crippen LogP contribution is 2.90. The molecule has 2 atom stereocenters. The molecule has 0 aromatic heterocycles. The Hall–Kier alpha value is -0.280. The fourth-order valence-corrected chi connectivity index (χ4v) is 6.87. The van der Waals surface area contributed by atoms with Crippen molar-refractivity contribution in [1.82, 2.24) is 4.86 Å². The molecule has 1 aliphatic rings. The van der Waals surface area contributed by atoms with Gasteiger partial charge in [0.25, 0.3) is 0 Å². The van der Waals surface area contributed by atoms with Crippen molar-refractivity contribution in [2.75, 3.05) is 0 Å². The van der Waals surface area contributed by atoms with E-state index in [1.807, 2.05) is 0 Å². The van der Waals surface area contributed by atoms with Crippen LogP contribution in [0.1, 0.15) is 0 Å². The molecule has 1 N–H and O–H groups in total. The molecule has 0 aliphatic carbocycles. The van der Waals surface area contributed by atoms with Crippen LogP contribution in [-0.2, 0) is 9.13 Å². The van der Waals surface area contributed by atoms with E-state index in [2.05, 4.69) is 0 Å². The van der Waals surface area contributed by atoms with Crippen LogP contribution in [0.15, 0.2) is 0 Å². The number of halogens is 10. The molecule has 19 heavy (non-hydrogen) atoms. The maximum absolute atomic E-state index is 12.8. The first-order chi connectivity index (χ1) is 7.96. The predicted octanol–water partition coefficient (Wildman–Crippen LogP) is 4.37. The van der Waals surface area contributed by atoms with Crippen LogP contribution in [0.25, 0.3) is 0 Å². The van der Waals surface area contributed by atoms with Gasteiger partial charge in [0, 0.05) is 0 Å². The molecule has 114 valence electrons. The lowest BCUT2D eigenvalue weighted by Crippen LogP contribution is -2.39. The van der Waals surface area contributed by atoms with Gasteiger partial charge in [-0.2, -0.15) is 48.8 Å². The molecule has 0 radical (unpaired) electrons. The highest BCUT2D eigenvalue weighted by atomic mass is 31.2. The highest BCUT2D eigenvalue weighted by Gasteiger charge is 2.93. The van der Waals surface area contributed by atoms with Gasteiger partial charge < -0.3 is 0 Å². The lowest BCUT2D eigenvalue weighted by molar-refractivity contribution is -0.128. The average Bonchev–Trinajstić information content (AvgIpc) is 2.22. The summed E-state index contributed by atoms with van der Waals surface area (Å²) in [4.78, 5) is -0.535. The van der Waals surface area contributed by atoms with E-state index in [-0.39, 0.29) is 0 Å². The molecule has 3 nitrogen and oxygen atoms in total. The molecule has 0 saturated carbocycles. The van der Waals surface area contributed by atoms with Crippen molar-refractivity contribution in [1.29, 1.82) is 0 Å². The van der Waals surface area contributed by atoms with Crippen LogP contribution in [-0.4, -0.2) is 23.2 Å². The molecule has 1 saturated heterocycles. The molecule has 1 rings (SSSR count). The number of hydrogen-bond acceptors (Lipinski definition) is 2. The summed E-state index contributed by atoms with van der Waals surface area (Å²) in [5.74, 6) is -13.3. The molecular formula is C4HF10NO2P2. The van der Waals surface area contributed by atoms with E-state index in [1.54, 1.807) is 0 Å². The van der Waals surface area contributed by atoms with Crippen LogP contribution in [0.3, 0.4) is 0 Å². The molecule has 15 heteroatoms. The molecule has 0 bridgehead atoms. The van der Waals surface area contributed by atoms with Crippen molar-refractivity contribution in [2.24, 2.45) is 0 Å². The van der Waals surface area contributed by atoms with Crippen LogP contribution in [0.2, 0.25) is 0 Å².